The molecule has 0 amide bonds. The van der Waals surface area contributed by atoms with Gasteiger partial charge in [-0.05, 0) is 40.5 Å². The van der Waals surface area contributed by atoms with Crippen LogP contribution in [0.5, 0.6) is 0 Å². The molecule has 1 unspecified atom stereocenters. The number of hydrogen-bond donors (Lipinski definition) is 0. The molecule has 2 aromatic carbocycles. The van der Waals surface area contributed by atoms with E-state index in [1.54, 1.807) is 7.11 Å². The molecule has 0 bridgehead atoms. The summed E-state index contributed by atoms with van der Waals surface area (Å²) in [5.74, 6) is 0. The van der Waals surface area contributed by atoms with Gasteiger partial charge >= 0.3 is 0 Å². The summed E-state index contributed by atoms with van der Waals surface area (Å²) in [6.45, 7) is 0. The Balaban J connectivity index is 2.26. The van der Waals surface area contributed by atoms with E-state index in [0.29, 0.717) is 0 Å². The van der Waals surface area contributed by atoms with Crippen LogP contribution in [0.3, 0.4) is 0 Å². The second-order valence-corrected chi connectivity index (χ2v) is 4.19. The van der Waals surface area contributed by atoms with E-state index < -0.39 is 0 Å². The molecule has 1 aliphatic carbocycles. The molecule has 0 fully saturated rings. The highest BCUT2D eigenvalue weighted by molar-refractivity contribution is 5.86. The molecular weight excluding hydrogens is 196 g/mol. The first-order valence-corrected chi connectivity index (χ1v) is 5.60. The van der Waals surface area contributed by atoms with Gasteiger partial charge in [0.15, 0.2) is 0 Å². The van der Waals surface area contributed by atoms with Crippen molar-refractivity contribution in [1.82, 2.24) is 0 Å². The number of hydrogen-bond acceptors (Lipinski definition) is 1. The van der Waals surface area contributed by atoms with Gasteiger partial charge in [0.2, 0.25) is 0 Å². The summed E-state index contributed by atoms with van der Waals surface area (Å²) in [6.07, 6.45) is 5.56. The van der Waals surface area contributed by atoms with Crippen LogP contribution in [0.15, 0.2) is 42.5 Å². The number of methoxy groups -OCH3 is 1. The van der Waals surface area contributed by atoms with Crippen LogP contribution in [-0.2, 0) is 4.74 Å². The molecule has 0 saturated carbocycles. The van der Waals surface area contributed by atoms with E-state index in [-0.39, 0.29) is 6.10 Å². The van der Waals surface area contributed by atoms with Crippen molar-refractivity contribution in [3.05, 3.63) is 53.6 Å². The molecule has 1 aliphatic rings. The molecule has 1 nitrogen and oxygen atoms in total. The lowest BCUT2D eigenvalue weighted by atomic mass is 9.92. The highest BCUT2D eigenvalue weighted by Crippen LogP contribution is 2.33. The second-order valence-electron chi connectivity index (χ2n) is 4.19. The smallest absolute Gasteiger partial charge is 0.0861 e. The largest absolute Gasteiger partial charge is 0.376 e. The summed E-state index contributed by atoms with van der Waals surface area (Å²) in [4.78, 5) is 0. The fourth-order valence-corrected chi connectivity index (χ4v) is 2.37. The average molecular weight is 210 g/mol. The SMILES string of the molecule is COC1CC=Cc2cc3ccccc3cc21. The van der Waals surface area contributed by atoms with Gasteiger partial charge in [0.05, 0.1) is 6.10 Å². The van der Waals surface area contributed by atoms with Crippen molar-refractivity contribution < 1.29 is 4.74 Å². The van der Waals surface area contributed by atoms with Crippen molar-refractivity contribution in [2.75, 3.05) is 7.11 Å². The van der Waals surface area contributed by atoms with Crippen LogP contribution in [0.2, 0.25) is 0 Å². The van der Waals surface area contributed by atoms with Crippen molar-refractivity contribution in [3.8, 4) is 0 Å². The Morgan fingerprint density at radius 2 is 1.88 bits per heavy atom. The highest BCUT2D eigenvalue weighted by Gasteiger charge is 2.16. The van der Waals surface area contributed by atoms with Gasteiger partial charge in [0.25, 0.3) is 0 Å². The molecule has 2 aromatic rings. The highest BCUT2D eigenvalue weighted by atomic mass is 16.5. The number of fused-ring (bicyclic) bond motifs is 2. The lowest BCUT2D eigenvalue weighted by molar-refractivity contribution is 0.105. The van der Waals surface area contributed by atoms with Crippen molar-refractivity contribution in [2.45, 2.75) is 12.5 Å². The zero-order valence-corrected chi connectivity index (χ0v) is 9.31. The van der Waals surface area contributed by atoms with Gasteiger partial charge in [-0.25, -0.2) is 0 Å². The molecule has 0 heterocycles. The quantitative estimate of drug-likeness (QED) is 0.692. The minimum Gasteiger partial charge on any atom is -0.376 e. The summed E-state index contributed by atoms with van der Waals surface area (Å²) in [5, 5.41) is 2.58. The van der Waals surface area contributed by atoms with Crippen LogP contribution in [0.1, 0.15) is 23.7 Å². The molecular formula is C15H14O. The minimum absolute atomic E-state index is 0.213. The third kappa shape index (κ3) is 1.44. The Bertz CT molecular complexity index is 554. The van der Waals surface area contributed by atoms with Crippen molar-refractivity contribution in [3.63, 3.8) is 0 Å². The van der Waals surface area contributed by atoms with E-state index in [9.17, 15) is 0 Å². The predicted molar refractivity (Wildman–Crippen MR) is 67.3 cm³/mol. The standard InChI is InChI=1S/C15H14O/c1-16-15-8-4-7-13-9-11-5-2-3-6-12(11)10-14(13)15/h2-7,9-10,15H,8H2,1H3. The fraction of sp³-hybridized carbons (Fsp3) is 0.200. The maximum atomic E-state index is 5.52. The van der Waals surface area contributed by atoms with E-state index in [0.717, 1.165) is 6.42 Å². The Morgan fingerprint density at radius 3 is 2.62 bits per heavy atom. The second kappa shape index (κ2) is 3.76. The lowest BCUT2D eigenvalue weighted by Gasteiger charge is -2.21. The summed E-state index contributed by atoms with van der Waals surface area (Å²) < 4.78 is 5.52. The zero-order valence-electron chi connectivity index (χ0n) is 9.31. The van der Waals surface area contributed by atoms with Crippen molar-refractivity contribution in [1.29, 1.82) is 0 Å². The van der Waals surface area contributed by atoms with Crippen LogP contribution in [0.4, 0.5) is 0 Å². The Kier molecular flexibility index (Phi) is 2.26. The molecule has 1 atom stereocenters. The van der Waals surface area contributed by atoms with Crippen molar-refractivity contribution >= 4 is 16.8 Å². The van der Waals surface area contributed by atoms with Gasteiger partial charge in [-0.1, -0.05) is 36.4 Å². The summed E-state index contributed by atoms with van der Waals surface area (Å²) in [5.41, 5.74) is 2.60. The summed E-state index contributed by atoms with van der Waals surface area (Å²) in [6, 6.07) is 13.0. The van der Waals surface area contributed by atoms with Gasteiger partial charge in [-0.2, -0.15) is 0 Å². The van der Waals surface area contributed by atoms with Gasteiger partial charge in [-0.15, -0.1) is 0 Å². The van der Waals surface area contributed by atoms with Crippen LogP contribution in [-0.4, -0.2) is 7.11 Å². The number of benzene rings is 2. The Hall–Kier alpha value is -1.60. The van der Waals surface area contributed by atoms with Crippen molar-refractivity contribution in [2.24, 2.45) is 0 Å². The first-order chi connectivity index (χ1) is 7.88. The molecule has 0 N–H and O–H groups in total. The molecule has 0 aliphatic heterocycles. The van der Waals surface area contributed by atoms with E-state index >= 15 is 0 Å². The molecule has 3 rings (SSSR count). The predicted octanol–water partition coefficient (Wildman–Crippen LogP) is 3.94. The van der Waals surface area contributed by atoms with Crippen LogP contribution >= 0.6 is 0 Å². The van der Waals surface area contributed by atoms with Gasteiger partial charge in [-0.3, -0.25) is 0 Å². The molecule has 80 valence electrons. The Labute approximate surface area is 95.4 Å². The normalized spacial score (nSPS) is 18.7. The first kappa shape index (κ1) is 9.61. The lowest BCUT2D eigenvalue weighted by Crippen LogP contribution is -2.05. The summed E-state index contributed by atoms with van der Waals surface area (Å²) in [7, 11) is 1.78. The molecule has 0 saturated heterocycles. The van der Waals surface area contributed by atoms with Gasteiger partial charge in [0.1, 0.15) is 0 Å². The maximum Gasteiger partial charge on any atom is 0.0861 e. The molecule has 1 heteroatoms. The van der Waals surface area contributed by atoms with E-state index in [2.05, 4.69) is 48.6 Å². The van der Waals surface area contributed by atoms with E-state index in [1.807, 2.05) is 0 Å². The molecule has 0 spiro atoms. The monoisotopic (exact) mass is 210 g/mol. The maximum absolute atomic E-state index is 5.52. The fourth-order valence-electron chi connectivity index (χ4n) is 2.37. The Morgan fingerprint density at radius 1 is 1.12 bits per heavy atom. The third-order valence-corrected chi connectivity index (χ3v) is 3.23. The average Bonchev–Trinajstić information content (AvgIpc) is 2.35. The molecule has 0 radical (unpaired) electrons. The summed E-state index contributed by atoms with van der Waals surface area (Å²) >= 11 is 0. The zero-order chi connectivity index (χ0) is 11.0. The first-order valence-electron chi connectivity index (χ1n) is 5.60. The minimum atomic E-state index is 0.213. The number of rotatable bonds is 1. The topological polar surface area (TPSA) is 9.23 Å². The van der Waals surface area contributed by atoms with Crippen LogP contribution in [0, 0.1) is 0 Å². The van der Waals surface area contributed by atoms with Crippen LogP contribution < -0.4 is 0 Å². The van der Waals surface area contributed by atoms with E-state index in [4.69, 9.17) is 4.74 Å². The number of ether oxygens (including phenoxy) is 1. The molecule has 16 heavy (non-hydrogen) atoms. The van der Waals surface area contributed by atoms with Gasteiger partial charge < -0.3 is 4.74 Å². The van der Waals surface area contributed by atoms with Gasteiger partial charge in [0, 0.05) is 7.11 Å². The third-order valence-electron chi connectivity index (χ3n) is 3.23. The van der Waals surface area contributed by atoms with E-state index in [1.165, 1.54) is 21.9 Å². The molecule has 0 aromatic heterocycles. The van der Waals surface area contributed by atoms with Crippen LogP contribution in [0.25, 0.3) is 16.8 Å².